The van der Waals surface area contributed by atoms with Crippen LogP contribution in [-0.2, 0) is 11.3 Å². The summed E-state index contributed by atoms with van der Waals surface area (Å²) >= 11 is 0. The van der Waals surface area contributed by atoms with E-state index < -0.39 is 0 Å². The van der Waals surface area contributed by atoms with Gasteiger partial charge in [0.25, 0.3) is 0 Å². The molecule has 4 heteroatoms. The predicted octanol–water partition coefficient (Wildman–Crippen LogP) is 3.63. The molecule has 1 aromatic rings. The second-order valence-electron chi connectivity index (χ2n) is 7.06. The zero-order valence-electron chi connectivity index (χ0n) is 13.9. The molecule has 0 aromatic carbocycles. The van der Waals surface area contributed by atoms with Crippen molar-refractivity contribution in [2.45, 2.75) is 71.1 Å². The Bertz CT molecular complexity index is 436. The molecule has 1 unspecified atom stereocenters. The van der Waals surface area contributed by atoms with Crippen LogP contribution in [-0.4, -0.2) is 22.6 Å². The molecule has 2 rings (SSSR count). The van der Waals surface area contributed by atoms with Crippen molar-refractivity contribution in [1.82, 2.24) is 15.3 Å². The van der Waals surface area contributed by atoms with E-state index in [1.54, 1.807) is 7.11 Å². The number of aromatic nitrogens is 2. The number of hydrogen-bond donors (Lipinski definition) is 1. The predicted molar refractivity (Wildman–Crippen MR) is 84.9 cm³/mol. The van der Waals surface area contributed by atoms with Crippen LogP contribution in [0.5, 0.6) is 0 Å². The number of ether oxygens (including phenoxy) is 1. The SMILES string of the molecule is COC(c1nccc(CNC(C)(C)C)n1)C1CCCCC1. The van der Waals surface area contributed by atoms with Crippen molar-refractivity contribution in [2.24, 2.45) is 5.92 Å². The van der Waals surface area contributed by atoms with E-state index in [1.165, 1.54) is 32.1 Å². The van der Waals surface area contributed by atoms with Crippen molar-refractivity contribution in [3.8, 4) is 0 Å². The van der Waals surface area contributed by atoms with E-state index in [2.05, 4.69) is 31.1 Å². The average molecular weight is 291 g/mol. The Balaban J connectivity index is 2.07. The lowest BCUT2D eigenvalue weighted by atomic mass is 9.85. The van der Waals surface area contributed by atoms with Gasteiger partial charge in [0.2, 0.25) is 0 Å². The van der Waals surface area contributed by atoms with Gasteiger partial charge in [0, 0.05) is 25.4 Å². The van der Waals surface area contributed by atoms with Gasteiger partial charge >= 0.3 is 0 Å². The summed E-state index contributed by atoms with van der Waals surface area (Å²) in [5.74, 6) is 1.41. The van der Waals surface area contributed by atoms with E-state index in [1.807, 2.05) is 12.3 Å². The fourth-order valence-electron chi connectivity index (χ4n) is 2.95. The third kappa shape index (κ3) is 5.04. The first-order chi connectivity index (χ1) is 9.99. The lowest BCUT2D eigenvalue weighted by molar-refractivity contribution is 0.0287. The minimum Gasteiger partial charge on any atom is -0.373 e. The van der Waals surface area contributed by atoms with Gasteiger partial charge in [-0.2, -0.15) is 0 Å². The highest BCUT2D eigenvalue weighted by Gasteiger charge is 2.27. The van der Waals surface area contributed by atoms with Crippen molar-refractivity contribution in [1.29, 1.82) is 0 Å². The minimum absolute atomic E-state index is 0.0416. The quantitative estimate of drug-likeness (QED) is 0.900. The van der Waals surface area contributed by atoms with Gasteiger partial charge < -0.3 is 10.1 Å². The van der Waals surface area contributed by atoms with Gasteiger partial charge in [-0.15, -0.1) is 0 Å². The van der Waals surface area contributed by atoms with Gasteiger partial charge in [-0.25, -0.2) is 9.97 Å². The van der Waals surface area contributed by atoms with E-state index in [0.29, 0.717) is 5.92 Å². The molecular formula is C17H29N3O. The number of rotatable bonds is 5. The molecule has 0 spiro atoms. The van der Waals surface area contributed by atoms with Crippen LogP contribution in [0.4, 0.5) is 0 Å². The molecule has 4 nitrogen and oxygen atoms in total. The van der Waals surface area contributed by atoms with Gasteiger partial charge in [0.05, 0.1) is 5.69 Å². The van der Waals surface area contributed by atoms with Gasteiger partial charge in [-0.05, 0) is 45.6 Å². The Morgan fingerprint density at radius 1 is 1.29 bits per heavy atom. The van der Waals surface area contributed by atoms with Gasteiger partial charge in [-0.3, -0.25) is 0 Å². The van der Waals surface area contributed by atoms with Crippen molar-refractivity contribution in [3.63, 3.8) is 0 Å². The highest BCUT2D eigenvalue weighted by Crippen LogP contribution is 2.35. The first kappa shape index (κ1) is 16.4. The summed E-state index contributed by atoms with van der Waals surface area (Å²) in [5, 5.41) is 3.47. The number of nitrogens with zero attached hydrogens (tertiary/aromatic N) is 2. The molecule has 118 valence electrons. The summed E-state index contributed by atoms with van der Waals surface area (Å²) in [6.07, 6.45) is 8.31. The molecule has 1 atom stereocenters. The molecule has 0 amide bonds. The van der Waals surface area contributed by atoms with Crippen LogP contribution in [0.1, 0.15) is 70.5 Å². The average Bonchev–Trinajstić information content (AvgIpc) is 2.47. The van der Waals surface area contributed by atoms with Crippen LogP contribution < -0.4 is 5.32 Å². The largest absolute Gasteiger partial charge is 0.373 e. The summed E-state index contributed by atoms with van der Waals surface area (Å²) < 4.78 is 5.73. The van der Waals surface area contributed by atoms with Crippen LogP contribution in [0.3, 0.4) is 0 Å². The molecule has 1 fully saturated rings. The molecule has 0 radical (unpaired) electrons. The fourth-order valence-corrected chi connectivity index (χ4v) is 2.95. The van der Waals surface area contributed by atoms with Crippen molar-refractivity contribution in [3.05, 3.63) is 23.8 Å². The molecule has 21 heavy (non-hydrogen) atoms. The van der Waals surface area contributed by atoms with E-state index in [0.717, 1.165) is 18.1 Å². The molecule has 0 bridgehead atoms. The normalized spacial score (nSPS) is 18.7. The van der Waals surface area contributed by atoms with E-state index >= 15 is 0 Å². The second-order valence-corrected chi connectivity index (χ2v) is 7.06. The van der Waals surface area contributed by atoms with Gasteiger partial charge in [0.1, 0.15) is 6.10 Å². The van der Waals surface area contributed by atoms with Crippen molar-refractivity contribution < 1.29 is 4.74 Å². The van der Waals surface area contributed by atoms with E-state index in [-0.39, 0.29) is 11.6 Å². The standard InChI is InChI=1S/C17H29N3O/c1-17(2,3)19-12-14-10-11-18-16(20-14)15(21-4)13-8-6-5-7-9-13/h10-11,13,15,19H,5-9,12H2,1-4H3. The molecule has 0 saturated heterocycles. The highest BCUT2D eigenvalue weighted by molar-refractivity contribution is 5.05. The first-order valence-electron chi connectivity index (χ1n) is 8.09. The van der Waals surface area contributed by atoms with Crippen LogP contribution >= 0.6 is 0 Å². The highest BCUT2D eigenvalue weighted by atomic mass is 16.5. The fraction of sp³-hybridized carbons (Fsp3) is 0.765. The van der Waals surface area contributed by atoms with E-state index in [9.17, 15) is 0 Å². The molecule has 1 heterocycles. The second kappa shape index (κ2) is 7.32. The van der Waals surface area contributed by atoms with Crippen LogP contribution in [0.15, 0.2) is 12.3 Å². The maximum absolute atomic E-state index is 5.73. The maximum atomic E-state index is 5.73. The van der Waals surface area contributed by atoms with Crippen LogP contribution in [0.2, 0.25) is 0 Å². The molecule has 0 aliphatic heterocycles. The number of hydrogen-bond acceptors (Lipinski definition) is 4. The lowest BCUT2D eigenvalue weighted by Crippen LogP contribution is -2.35. The van der Waals surface area contributed by atoms with Gasteiger partial charge in [-0.1, -0.05) is 19.3 Å². The van der Waals surface area contributed by atoms with Gasteiger partial charge in [0.15, 0.2) is 5.82 Å². The van der Waals surface area contributed by atoms with Crippen LogP contribution in [0.25, 0.3) is 0 Å². The van der Waals surface area contributed by atoms with Crippen LogP contribution in [0, 0.1) is 5.92 Å². The molecule has 1 N–H and O–H groups in total. The Morgan fingerprint density at radius 2 is 2.00 bits per heavy atom. The topological polar surface area (TPSA) is 47.0 Å². The minimum atomic E-state index is 0.0416. The van der Waals surface area contributed by atoms with Crippen molar-refractivity contribution >= 4 is 0 Å². The monoisotopic (exact) mass is 291 g/mol. The summed E-state index contributed by atoms with van der Waals surface area (Å²) in [5.41, 5.74) is 1.13. The Kier molecular flexibility index (Phi) is 5.71. The smallest absolute Gasteiger partial charge is 0.157 e. The van der Waals surface area contributed by atoms with Crippen molar-refractivity contribution in [2.75, 3.05) is 7.11 Å². The lowest BCUT2D eigenvalue weighted by Gasteiger charge is -2.28. The molecule has 1 saturated carbocycles. The zero-order valence-corrected chi connectivity index (χ0v) is 13.9. The Morgan fingerprint density at radius 3 is 2.62 bits per heavy atom. The third-order valence-corrected chi connectivity index (χ3v) is 4.12. The summed E-state index contributed by atoms with van der Waals surface area (Å²) in [6.45, 7) is 7.25. The Labute approximate surface area is 128 Å². The molecule has 1 aliphatic carbocycles. The number of methoxy groups -OCH3 is 1. The third-order valence-electron chi connectivity index (χ3n) is 4.12. The van der Waals surface area contributed by atoms with E-state index in [4.69, 9.17) is 9.72 Å². The molecular weight excluding hydrogens is 262 g/mol. The zero-order chi connectivity index (χ0) is 15.3. The summed E-state index contributed by atoms with van der Waals surface area (Å²) in [7, 11) is 1.78. The summed E-state index contributed by atoms with van der Waals surface area (Å²) in [6, 6.07) is 1.98. The molecule has 1 aromatic heterocycles. The summed E-state index contributed by atoms with van der Waals surface area (Å²) in [4.78, 5) is 9.19. The maximum Gasteiger partial charge on any atom is 0.157 e. The first-order valence-corrected chi connectivity index (χ1v) is 8.09. The number of nitrogens with one attached hydrogen (secondary N) is 1. The Hall–Kier alpha value is -1.00. The molecule has 1 aliphatic rings.